The van der Waals surface area contributed by atoms with Crippen molar-refractivity contribution in [1.29, 1.82) is 0 Å². The third-order valence-corrected chi connectivity index (χ3v) is 4.19. The predicted octanol–water partition coefficient (Wildman–Crippen LogP) is 4.89. The summed E-state index contributed by atoms with van der Waals surface area (Å²) in [6.07, 6.45) is 8.64. The molecule has 110 valence electrons. The van der Waals surface area contributed by atoms with Gasteiger partial charge in [-0.1, -0.05) is 36.2 Å². The molecule has 1 aliphatic rings. The molecule has 1 unspecified atom stereocenters. The van der Waals surface area contributed by atoms with Gasteiger partial charge in [0.25, 0.3) is 0 Å². The molecule has 1 atom stereocenters. The van der Waals surface area contributed by atoms with Crippen molar-refractivity contribution in [3.8, 4) is 5.75 Å². The Bertz CT molecular complexity index is 470. The van der Waals surface area contributed by atoms with Gasteiger partial charge >= 0.3 is 0 Å². The van der Waals surface area contributed by atoms with Crippen LogP contribution in [0.4, 0.5) is 0 Å². The first-order chi connectivity index (χ1) is 9.74. The molecule has 1 aromatic rings. The van der Waals surface area contributed by atoms with Gasteiger partial charge in [0.05, 0.1) is 12.1 Å². The van der Waals surface area contributed by atoms with Crippen LogP contribution in [0.5, 0.6) is 5.75 Å². The summed E-state index contributed by atoms with van der Waals surface area (Å²) in [4.78, 5) is 0. The van der Waals surface area contributed by atoms with Gasteiger partial charge in [-0.05, 0) is 56.3 Å². The van der Waals surface area contributed by atoms with E-state index in [0.717, 1.165) is 18.7 Å². The van der Waals surface area contributed by atoms with Gasteiger partial charge in [0.15, 0.2) is 0 Å². The molecule has 2 rings (SSSR count). The van der Waals surface area contributed by atoms with Crippen molar-refractivity contribution >= 4 is 11.6 Å². The van der Waals surface area contributed by atoms with E-state index in [1.54, 1.807) is 12.7 Å². The first kappa shape index (κ1) is 15.4. The lowest BCUT2D eigenvalue weighted by Crippen LogP contribution is -2.21. The number of nitrogens with one attached hydrogen (secondary N) is 1. The first-order valence-electron chi connectivity index (χ1n) is 7.49. The Morgan fingerprint density at radius 2 is 2.20 bits per heavy atom. The van der Waals surface area contributed by atoms with E-state index in [1.807, 2.05) is 6.07 Å². The number of ether oxygens (including phenoxy) is 1. The Morgan fingerprint density at radius 3 is 2.85 bits per heavy atom. The fourth-order valence-electron chi connectivity index (χ4n) is 2.80. The summed E-state index contributed by atoms with van der Waals surface area (Å²) in [6.45, 7) is 3.11. The lowest BCUT2D eigenvalue weighted by molar-refractivity contribution is 0.413. The van der Waals surface area contributed by atoms with Gasteiger partial charge in [0, 0.05) is 6.04 Å². The van der Waals surface area contributed by atoms with E-state index in [2.05, 4.69) is 30.4 Å². The molecule has 0 radical (unpaired) electrons. The number of hydrogen-bond donors (Lipinski definition) is 1. The highest BCUT2D eigenvalue weighted by molar-refractivity contribution is 6.32. The van der Waals surface area contributed by atoms with Crippen LogP contribution in [-0.2, 0) is 0 Å². The second-order valence-corrected chi connectivity index (χ2v) is 5.72. The van der Waals surface area contributed by atoms with Crippen LogP contribution >= 0.6 is 11.6 Å². The van der Waals surface area contributed by atoms with Crippen molar-refractivity contribution in [2.75, 3.05) is 13.7 Å². The van der Waals surface area contributed by atoms with Crippen LogP contribution in [0.25, 0.3) is 0 Å². The molecule has 1 N–H and O–H groups in total. The normalized spacial score (nSPS) is 16.6. The van der Waals surface area contributed by atoms with E-state index in [0.29, 0.717) is 11.1 Å². The fraction of sp³-hybridized carbons (Fsp3) is 0.529. The molecule has 0 spiro atoms. The third kappa shape index (κ3) is 4.00. The maximum Gasteiger partial charge on any atom is 0.137 e. The Morgan fingerprint density at radius 1 is 1.35 bits per heavy atom. The van der Waals surface area contributed by atoms with E-state index in [9.17, 15) is 0 Å². The molecule has 3 heteroatoms. The van der Waals surface area contributed by atoms with E-state index >= 15 is 0 Å². The predicted molar refractivity (Wildman–Crippen MR) is 85.6 cm³/mol. The highest BCUT2D eigenvalue weighted by Crippen LogP contribution is 2.32. The summed E-state index contributed by atoms with van der Waals surface area (Å²) in [5.41, 5.74) is 2.83. The minimum atomic E-state index is 0.343. The van der Waals surface area contributed by atoms with Gasteiger partial charge in [-0.25, -0.2) is 0 Å². The Labute approximate surface area is 127 Å². The number of allylic oxidation sites excluding steroid dienone is 1. The maximum atomic E-state index is 6.11. The number of hydrogen-bond acceptors (Lipinski definition) is 2. The van der Waals surface area contributed by atoms with Gasteiger partial charge in [0.1, 0.15) is 5.75 Å². The van der Waals surface area contributed by atoms with E-state index in [4.69, 9.17) is 16.3 Å². The Kier molecular flexibility index (Phi) is 5.93. The van der Waals surface area contributed by atoms with Crippen molar-refractivity contribution in [1.82, 2.24) is 5.32 Å². The summed E-state index contributed by atoms with van der Waals surface area (Å²) in [6, 6.07) is 6.42. The van der Waals surface area contributed by atoms with E-state index in [-0.39, 0.29) is 0 Å². The van der Waals surface area contributed by atoms with Crippen LogP contribution in [0.3, 0.4) is 0 Å². The molecule has 0 heterocycles. The molecule has 1 aliphatic carbocycles. The van der Waals surface area contributed by atoms with Crippen LogP contribution in [-0.4, -0.2) is 13.7 Å². The van der Waals surface area contributed by atoms with Gasteiger partial charge in [-0.3, -0.25) is 0 Å². The minimum Gasteiger partial charge on any atom is -0.495 e. The Balaban J connectivity index is 2.16. The monoisotopic (exact) mass is 293 g/mol. The average Bonchev–Trinajstić information content (AvgIpc) is 2.48. The number of methoxy groups -OCH3 is 1. The second-order valence-electron chi connectivity index (χ2n) is 5.32. The zero-order valence-electron chi connectivity index (χ0n) is 12.4. The highest BCUT2D eigenvalue weighted by Gasteiger charge is 2.15. The van der Waals surface area contributed by atoms with Crippen LogP contribution < -0.4 is 10.1 Å². The molecule has 0 saturated carbocycles. The summed E-state index contributed by atoms with van der Waals surface area (Å²) in [5.74, 6) is 0.754. The fourth-order valence-corrected chi connectivity index (χ4v) is 2.99. The second kappa shape index (κ2) is 7.70. The molecule has 0 fully saturated rings. The quantitative estimate of drug-likeness (QED) is 0.754. The van der Waals surface area contributed by atoms with Crippen LogP contribution in [0.15, 0.2) is 29.8 Å². The van der Waals surface area contributed by atoms with Crippen LogP contribution in [0.2, 0.25) is 5.02 Å². The van der Waals surface area contributed by atoms with Gasteiger partial charge in [-0.15, -0.1) is 0 Å². The largest absolute Gasteiger partial charge is 0.495 e. The zero-order chi connectivity index (χ0) is 14.4. The molecule has 0 saturated heterocycles. The summed E-state index contributed by atoms with van der Waals surface area (Å²) in [5, 5.41) is 4.25. The molecular weight excluding hydrogens is 270 g/mol. The van der Waals surface area contributed by atoms with Crippen molar-refractivity contribution < 1.29 is 4.74 Å². The van der Waals surface area contributed by atoms with Crippen molar-refractivity contribution in [2.24, 2.45) is 0 Å². The van der Waals surface area contributed by atoms with Crippen molar-refractivity contribution in [2.45, 2.75) is 45.1 Å². The van der Waals surface area contributed by atoms with E-state index in [1.165, 1.54) is 31.2 Å². The van der Waals surface area contributed by atoms with Gasteiger partial charge in [0.2, 0.25) is 0 Å². The first-order valence-corrected chi connectivity index (χ1v) is 7.87. The smallest absolute Gasteiger partial charge is 0.137 e. The lowest BCUT2D eigenvalue weighted by atomic mass is 9.91. The molecule has 0 amide bonds. The van der Waals surface area contributed by atoms with Crippen LogP contribution in [0, 0.1) is 0 Å². The van der Waals surface area contributed by atoms with Crippen molar-refractivity contribution in [3.63, 3.8) is 0 Å². The Hall–Kier alpha value is -0.990. The average molecular weight is 294 g/mol. The molecule has 0 aliphatic heterocycles. The number of halogens is 1. The molecule has 2 nitrogen and oxygen atoms in total. The standard InChI is InChI=1S/C17H24ClNO/c1-3-19-16(11-13-7-5-4-6-8-13)14-9-10-15(18)17(12-14)20-2/h7,9-10,12,16,19H,3-6,8,11H2,1-2H3. The summed E-state index contributed by atoms with van der Waals surface area (Å²) >= 11 is 6.11. The van der Waals surface area contributed by atoms with Gasteiger partial charge in [-0.2, -0.15) is 0 Å². The molecular formula is C17H24ClNO. The minimum absolute atomic E-state index is 0.343. The van der Waals surface area contributed by atoms with Crippen LogP contribution in [0.1, 0.15) is 50.6 Å². The highest BCUT2D eigenvalue weighted by atomic mass is 35.5. The third-order valence-electron chi connectivity index (χ3n) is 3.88. The maximum absolute atomic E-state index is 6.11. The summed E-state index contributed by atoms with van der Waals surface area (Å²) < 4.78 is 5.33. The lowest BCUT2D eigenvalue weighted by Gasteiger charge is -2.22. The number of rotatable bonds is 6. The SMILES string of the molecule is CCNC(CC1=CCCCC1)c1ccc(Cl)c(OC)c1. The summed E-state index contributed by atoms with van der Waals surface area (Å²) in [7, 11) is 1.66. The van der Waals surface area contributed by atoms with E-state index < -0.39 is 0 Å². The molecule has 1 aromatic carbocycles. The van der Waals surface area contributed by atoms with Gasteiger partial charge < -0.3 is 10.1 Å². The topological polar surface area (TPSA) is 21.3 Å². The zero-order valence-corrected chi connectivity index (χ0v) is 13.2. The van der Waals surface area contributed by atoms with Crippen molar-refractivity contribution in [3.05, 3.63) is 40.4 Å². The number of benzene rings is 1. The molecule has 0 aromatic heterocycles. The molecule has 0 bridgehead atoms. The molecule has 20 heavy (non-hydrogen) atoms.